The van der Waals surface area contributed by atoms with Crippen LogP contribution >= 0.6 is 22.7 Å². The Morgan fingerprint density at radius 2 is 1.12 bits per heavy atom. The molecule has 0 bridgehead atoms. The smallest absolute Gasteiger partial charge is 0.180 e. The Kier molecular flexibility index (Phi) is 29.8. The van der Waals surface area contributed by atoms with Gasteiger partial charge in [-0.3, -0.25) is 15.1 Å². The van der Waals surface area contributed by atoms with E-state index in [1.54, 1.807) is 96.2 Å². The first kappa shape index (κ1) is 40.6. The van der Waals surface area contributed by atoms with Crippen LogP contribution in [-0.4, -0.2) is 40.1 Å². The molecule has 1 aromatic carbocycles. The largest absolute Gasteiger partial charge is 0.619 e. The lowest BCUT2D eigenvalue weighted by molar-refractivity contribution is -0.605. The van der Waals surface area contributed by atoms with Gasteiger partial charge in [-0.1, -0.05) is 60.7 Å². The van der Waals surface area contributed by atoms with E-state index in [1.807, 2.05) is 120 Å². The Hall–Kier alpha value is -6.44. The second-order valence-corrected chi connectivity index (χ2v) is 9.55. The number of H-pyrrole nitrogens is 3. The van der Waals surface area contributed by atoms with Crippen LogP contribution in [0.25, 0.3) is 0 Å². The van der Waals surface area contributed by atoms with Crippen LogP contribution in [-0.2, 0) is 0 Å². The Morgan fingerprint density at radius 1 is 0.490 bits per heavy atom. The van der Waals surface area contributed by atoms with Crippen LogP contribution in [0.4, 0.5) is 0 Å². The van der Waals surface area contributed by atoms with Crippen molar-refractivity contribution in [2.24, 2.45) is 0 Å². The van der Waals surface area contributed by atoms with Crippen LogP contribution < -0.4 is 4.73 Å². The SMILES string of the molecule is [O-][n+]1ccccc1.c1c[nH]cn1.c1cc[nH]c1.c1ccccc1.c1ccncc1.c1ccoc1.c1ccsc1.c1cscn1.c1nc[nH]n1. The summed E-state index contributed by atoms with van der Waals surface area (Å²) in [6, 6.07) is 34.5. The monoisotopic (exact) mass is 693 g/mol. The van der Waals surface area contributed by atoms with Crippen LogP contribution in [0.5, 0.6) is 0 Å². The van der Waals surface area contributed by atoms with Crippen molar-refractivity contribution in [3.63, 3.8) is 0 Å². The predicted molar refractivity (Wildman–Crippen MR) is 197 cm³/mol. The van der Waals surface area contributed by atoms with Crippen molar-refractivity contribution in [1.29, 1.82) is 0 Å². The summed E-state index contributed by atoms with van der Waals surface area (Å²) in [6.07, 6.45) is 23.2. The number of hydrogen-bond donors (Lipinski definition) is 3. The second kappa shape index (κ2) is 36.0. The van der Waals surface area contributed by atoms with Crippen molar-refractivity contribution in [3.05, 3.63) is 223 Å². The number of nitrogens with zero attached hydrogens (tertiary/aromatic N) is 6. The summed E-state index contributed by atoms with van der Waals surface area (Å²) >= 11 is 3.31. The Labute approximate surface area is 294 Å². The maximum atomic E-state index is 10.2. The summed E-state index contributed by atoms with van der Waals surface area (Å²) in [6.45, 7) is 0. The molecule has 8 heterocycles. The van der Waals surface area contributed by atoms with Gasteiger partial charge in [0.15, 0.2) is 12.4 Å². The van der Waals surface area contributed by atoms with E-state index in [0.717, 1.165) is 4.73 Å². The summed E-state index contributed by atoms with van der Waals surface area (Å²) in [5, 5.41) is 22.2. The van der Waals surface area contributed by atoms with Crippen molar-refractivity contribution in [3.8, 4) is 0 Å². The molecule has 0 aliphatic carbocycles. The quantitative estimate of drug-likeness (QED) is 0.106. The number of imidazole rings is 1. The first-order valence-corrected chi connectivity index (χ1v) is 16.3. The number of nitrogens with one attached hydrogen (secondary N) is 3. The van der Waals surface area contributed by atoms with Crippen LogP contribution in [0.3, 0.4) is 0 Å². The Bertz CT molecular complexity index is 1250. The number of benzene rings is 1. The van der Waals surface area contributed by atoms with E-state index < -0.39 is 0 Å². The van der Waals surface area contributed by atoms with E-state index in [1.165, 1.54) is 25.0 Å². The highest BCUT2D eigenvalue weighted by molar-refractivity contribution is 7.07. The molecule has 0 unspecified atom stereocenters. The van der Waals surface area contributed by atoms with E-state index in [2.05, 4.69) is 44.5 Å². The van der Waals surface area contributed by atoms with Crippen molar-refractivity contribution in [1.82, 2.24) is 40.1 Å². The average Bonchev–Trinajstić information content (AvgIpc) is 4.05. The molecule has 49 heavy (non-hydrogen) atoms. The van der Waals surface area contributed by atoms with Gasteiger partial charge >= 0.3 is 0 Å². The van der Waals surface area contributed by atoms with Crippen molar-refractivity contribution in [2.75, 3.05) is 0 Å². The number of thiazole rings is 1. The number of aromatic nitrogens is 9. The van der Waals surface area contributed by atoms with Crippen molar-refractivity contribution < 1.29 is 9.15 Å². The van der Waals surface area contributed by atoms with Gasteiger partial charge in [0, 0.05) is 60.9 Å². The Balaban J connectivity index is 0.000000276. The fourth-order valence-electron chi connectivity index (χ4n) is 2.37. The molecule has 0 aliphatic rings. The lowest BCUT2D eigenvalue weighted by Crippen LogP contribution is -2.22. The molecule has 13 heteroatoms. The number of pyridine rings is 2. The number of furan rings is 1. The van der Waals surface area contributed by atoms with E-state index in [9.17, 15) is 5.21 Å². The zero-order valence-electron chi connectivity index (χ0n) is 26.6. The molecule has 252 valence electrons. The van der Waals surface area contributed by atoms with Crippen LogP contribution in [0.1, 0.15) is 0 Å². The third-order valence-electron chi connectivity index (χ3n) is 4.35. The fourth-order valence-corrected chi connectivity index (χ4v) is 3.17. The fraction of sp³-hybridized carbons (Fsp3) is 0. The van der Waals surface area contributed by atoms with Crippen LogP contribution in [0, 0.1) is 5.21 Å². The highest BCUT2D eigenvalue weighted by Crippen LogP contribution is 1.91. The molecular weight excluding hydrogens is 655 g/mol. The van der Waals surface area contributed by atoms with E-state index in [-0.39, 0.29) is 0 Å². The van der Waals surface area contributed by atoms with Gasteiger partial charge in [0.25, 0.3) is 0 Å². The van der Waals surface area contributed by atoms with Gasteiger partial charge in [0.05, 0.1) is 24.4 Å². The molecule has 8 aromatic heterocycles. The van der Waals surface area contributed by atoms with Crippen molar-refractivity contribution in [2.45, 2.75) is 0 Å². The molecule has 0 radical (unpaired) electrons. The highest BCUT2D eigenvalue weighted by atomic mass is 32.1. The zero-order chi connectivity index (χ0) is 34.8. The molecule has 0 spiro atoms. The minimum atomic E-state index is 0.750. The third kappa shape index (κ3) is 34.3. The lowest BCUT2D eigenvalue weighted by atomic mass is 10.4. The van der Waals surface area contributed by atoms with Gasteiger partial charge in [-0.05, 0) is 47.2 Å². The standard InChI is InChI=1S/C6H6.C5H5NO.C5H5N.C4H5N.C4H4O.C4H4S.C3H4N2.C3H3NS.C2H3N3/c1-2-4-6-5-3-1;7-6-4-2-1-3-5-6;1-2-4-6-5-3-1;3*1-2-4-5-3-1;2*1-2-5-3-4-1;1-3-2-5-4-1/h1-6H;1-5H;1-5H;1-5H;2*1-4H;1-3H,(H,4,5);1-3H;1-2H,(H,3,4,5). The molecule has 0 amide bonds. The van der Waals surface area contributed by atoms with Gasteiger partial charge in [0.2, 0.25) is 0 Å². The first-order chi connectivity index (χ1) is 24.4. The van der Waals surface area contributed by atoms with E-state index >= 15 is 0 Å². The summed E-state index contributed by atoms with van der Waals surface area (Å²) < 4.78 is 5.33. The van der Waals surface area contributed by atoms with Crippen molar-refractivity contribution >= 4 is 22.7 Å². The van der Waals surface area contributed by atoms with Crippen LogP contribution in [0.15, 0.2) is 223 Å². The topological polar surface area (TPSA) is 152 Å². The van der Waals surface area contributed by atoms with Gasteiger partial charge in [-0.15, -0.1) is 11.3 Å². The molecule has 0 atom stereocenters. The summed E-state index contributed by atoms with van der Waals surface area (Å²) in [7, 11) is 0. The Morgan fingerprint density at radius 3 is 1.33 bits per heavy atom. The molecule has 11 nitrogen and oxygen atoms in total. The van der Waals surface area contributed by atoms with Gasteiger partial charge in [0.1, 0.15) is 12.7 Å². The lowest BCUT2D eigenvalue weighted by Gasteiger charge is -1.88. The van der Waals surface area contributed by atoms with Gasteiger partial charge in [-0.25, -0.2) is 9.97 Å². The third-order valence-corrected chi connectivity index (χ3v) is 5.50. The van der Waals surface area contributed by atoms with Gasteiger partial charge in [-0.2, -0.15) is 21.2 Å². The maximum absolute atomic E-state index is 10.2. The number of rotatable bonds is 0. The molecule has 9 rings (SSSR count). The zero-order valence-corrected chi connectivity index (χ0v) is 28.2. The highest BCUT2D eigenvalue weighted by Gasteiger charge is 1.75. The number of thiophene rings is 1. The normalized spacial score (nSPS) is 8.08. The average molecular weight is 694 g/mol. The van der Waals surface area contributed by atoms with Crippen LogP contribution in [0.2, 0.25) is 0 Å². The molecule has 0 aliphatic heterocycles. The molecule has 3 N–H and O–H groups in total. The molecule has 0 saturated carbocycles. The summed E-state index contributed by atoms with van der Waals surface area (Å²) in [4.78, 5) is 20.4. The van der Waals surface area contributed by atoms with E-state index in [0.29, 0.717) is 0 Å². The second-order valence-electron chi connectivity index (χ2n) is 7.97. The maximum Gasteiger partial charge on any atom is 0.180 e. The summed E-state index contributed by atoms with van der Waals surface area (Å²) in [5.74, 6) is 0. The number of aromatic amines is 3. The molecule has 9 aromatic rings. The molecule has 0 saturated heterocycles. The number of hydrogen-bond acceptors (Lipinski definition) is 9. The predicted octanol–water partition coefficient (Wildman–Crippen LogP) is 8.49. The van der Waals surface area contributed by atoms with E-state index in [4.69, 9.17) is 0 Å². The molecular formula is C36H39N9O2S2. The van der Waals surface area contributed by atoms with Gasteiger partial charge < -0.3 is 19.6 Å². The first-order valence-electron chi connectivity index (χ1n) is 14.4. The summed E-state index contributed by atoms with van der Waals surface area (Å²) in [5.41, 5.74) is 1.79. The minimum Gasteiger partial charge on any atom is -0.619 e. The molecule has 0 fully saturated rings. The minimum absolute atomic E-state index is 0.750.